The molecule has 3 rings (SSSR count). The fraction of sp³-hybridized carbons (Fsp3) is 0.278. The van der Waals surface area contributed by atoms with E-state index in [1.807, 2.05) is 56.3 Å². The van der Waals surface area contributed by atoms with Gasteiger partial charge in [-0.25, -0.2) is 0 Å². The number of benzene rings is 2. The number of carbonyl (C=O) groups is 1. The average Bonchev–Trinajstić information content (AvgIpc) is 3.31. The lowest BCUT2D eigenvalue weighted by Gasteiger charge is -2.11. The molecule has 21 heavy (non-hydrogen) atoms. The first kappa shape index (κ1) is 13.8. The summed E-state index contributed by atoms with van der Waals surface area (Å²) in [4.78, 5) is 12.8. The second kappa shape index (κ2) is 5.70. The van der Waals surface area contributed by atoms with E-state index in [1.165, 1.54) is 0 Å². The first-order valence-corrected chi connectivity index (χ1v) is 7.10. The molecule has 1 unspecified atom stereocenters. The molecule has 2 aromatic rings. The number of para-hydroxylation sites is 1. The van der Waals surface area contributed by atoms with Crippen molar-refractivity contribution >= 4 is 5.78 Å². The maximum atomic E-state index is 12.8. The molecule has 0 N–H and O–H groups in total. The van der Waals surface area contributed by atoms with Gasteiger partial charge in [0.1, 0.15) is 18.5 Å². The van der Waals surface area contributed by atoms with Gasteiger partial charge in [0.2, 0.25) is 0 Å². The summed E-state index contributed by atoms with van der Waals surface area (Å²) in [7, 11) is 0. The van der Waals surface area contributed by atoms with Crippen LogP contribution in [0.5, 0.6) is 5.75 Å². The second-order valence-corrected chi connectivity index (χ2v) is 5.41. The minimum atomic E-state index is 0.00325. The summed E-state index contributed by atoms with van der Waals surface area (Å²) >= 11 is 0. The molecule has 0 spiro atoms. The number of carbonyl (C=O) groups excluding carboxylic acids is 1. The first-order chi connectivity index (χ1) is 10.1. The van der Waals surface area contributed by atoms with E-state index in [4.69, 9.17) is 9.47 Å². The molecule has 1 fully saturated rings. The van der Waals surface area contributed by atoms with E-state index in [0.29, 0.717) is 17.9 Å². The highest BCUT2D eigenvalue weighted by molar-refractivity contribution is 6.11. The maximum Gasteiger partial charge on any atom is 0.197 e. The lowest BCUT2D eigenvalue weighted by Crippen LogP contribution is -2.10. The van der Waals surface area contributed by atoms with Gasteiger partial charge >= 0.3 is 0 Å². The van der Waals surface area contributed by atoms with Crippen molar-refractivity contribution in [1.82, 2.24) is 0 Å². The van der Waals surface area contributed by atoms with Gasteiger partial charge in [0.25, 0.3) is 0 Å². The number of ketones is 1. The van der Waals surface area contributed by atoms with E-state index in [9.17, 15) is 4.79 Å². The minimum absolute atomic E-state index is 0.00325. The normalized spacial score (nSPS) is 16.6. The quantitative estimate of drug-likeness (QED) is 0.624. The van der Waals surface area contributed by atoms with Gasteiger partial charge in [-0.1, -0.05) is 29.8 Å². The Hall–Kier alpha value is -2.13. The minimum Gasteiger partial charge on any atom is -0.490 e. The third kappa shape index (κ3) is 3.14. The molecule has 0 saturated carbocycles. The number of epoxide rings is 1. The van der Waals surface area contributed by atoms with Crippen LogP contribution < -0.4 is 4.74 Å². The lowest BCUT2D eigenvalue weighted by atomic mass is 9.97. The summed E-state index contributed by atoms with van der Waals surface area (Å²) in [5.74, 6) is 0.627. The summed E-state index contributed by atoms with van der Waals surface area (Å²) < 4.78 is 10.9. The van der Waals surface area contributed by atoms with E-state index >= 15 is 0 Å². The maximum absolute atomic E-state index is 12.8. The van der Waals surface area contributed by atoms with E-state index in [1.54, 1.807) is 0 Å². The van der Waals surface area contributed by atoms with Gasteiger partial charge in [-0.15, -0.1) is 0 Å². The Morgan fingerprint density at radius 1 is 1.19 bits per heavy atom. The second-order valence-electron chi connectivity index (χ2n) is 5.41. The van der Waals surface area contributed by atoms with Crippen molar-refractivity contribution < 1.29 is 14.3 Å². The molecule has 0 aromatic heterocycles. The average molecular weight is 282 g/mol. The predicted octanol–water partition coefficient (Wildman–Crippen LogP) is 3.31. The molecule has 1 heterocycles. The van der Waals surface area contributed by atoms with Gasteiger partial charge in [-0.05, 0) is 37.6 Å². The predicted molar refractivity (Wildman–Crippen MR) is 81.0 cm³/mol. The van der Waals surface area contributed by atoms with Crippen molar-refractivity contribution in [1.29, 1.82) is 0 Å². The van der Waals surface area contributed by atoms with Gasteiger partial charge in [0.15, 0.2) is 5.78 Å². The topological polar surface area (TPSA) is 38.8 Å². The molecule has 0 amide bonds. The number of hydrogen-bond acceptors (Lipinski definition) is 3. The van der Waals surface area contributed by atoms with E-state index in [-0.39, 0.29) is 11.9 Å². The molecule has 3 nitrogen and oxygen atoms in total. The van der Waals surface area contributed by atoms with Crippen LogP contribution in [0.25, 0.3) is 0 Å². The molecule has 1 saturated heterocycles. The van der Waals surface area contributed by atoms with Gasteiger partial charge < -0.3 is 9.47 Å². The summed E-state index contributed by atoms with van der Waals surface area (Å²) in [6.45, 7) is 5.18. The largest absolute Gasteiger partial charge is 0.490 e. The molecule has 0 bridgehead atoms. The number of ether oxygens (including phenoxy) is 2. The first-order valence-electron chi connectivity index (χ1n) is 7.10. The molecule has 1 aliphatic rings. The van der Waals surface area contributed by atoms with Crippen LogP contribution in [0.4, 0.5) is 0 Å². The monoisotopic (exact) mass is 282 g/mol. The molecular weight excluding hydrogens is 264 g/mol. The standard InChI is InChI=1S/C18H18O3/c1-12-7-8-13(2)16(9-12)18(19)15-5-3-4-6-17(15)21-11-14-10-20-14/h3-9,14H,10-11H2,1-2H3. The van der Waals surface area contributed by atoms with Gasteiger partial charge in [-0.3, -0.25) is 4.79 Å². The van der Waals surface area contributed by atoms with Crippen LogP contribution in [0.2, 0.25) is 0 Å². The molecule has 3 heteroatoms. The van der Waals surface area contributed by atoms with Gasteiger partial charge in [0, 0.05) is 5.56 Å². The number of hydrogen-bond donors (Lipinski definition) is 0. The Kier molecular flexibility index (Phi) is 3.76. The zero-order valence-corrected chi connectivity index (χ0v) is 12.3. The van der Waals surface area contributed by atoms with Crippen molar-refractivity contribution in [2.45, 2.75) is 20.0 Å². The van der Waals surface area contributed by atoms with E-state index < -0.39 is 0 Å². The molecular formula is C18H18O3. The Bertz CT molecular complexity index is 672. The van der Waals surface area contributed by atoms with Crippen molar-refractivity contribution in [3.8, 4) is 5.75 Å². The van der Waals surface area contributed by atoms with Crippen LogP contribution in [0, 0.1) is 13.8 Å². The van der Waals surface area contributed by atoms with Crippen LogP contribution in [0.1, 0.15) is 27.0 Å². The smallest absolute Gasteiger partial charge is 0.197 e. The highest BCUT2D eigenvalue weighted by atomic mass is 16.6. The molecule has 2 aromatic carbocycles. The highest BCUT2D eigenvalue weighted by Gasteiger charge is 2.24. The third-order valence-electron chi connectivity index (χ3n) is 3.60. The van der Waals surface area contributed by atoms with E-state index in [0.717, 1.165) is 23.3 Å². The van der Waals surface area contributed by atoms with Crippen LogP contribution in [0.15, 0.2) is 42.5 Å². The molecule has 0 aliphatic carbocycles. The Labute approximate surface area is 124 Å². The number of rotatable bonds is 5. The van der Waals surface area contributed by atoms with Crippen molar-refractivity contribution in [3.05, 3.63) is 64.7 Å². The Morgan fingerprint density at radius 3 is 2.71 bits per heavy atom. The van der Waals surface area contributed by atoms with Gasteiger partial charge in [-0.2, -0.15) is 0 Å². The van der Waals surface area contributed by atoms with Crippen LogP contribution in [-0.4, -0.2) is 25.1 Å². The fourth-order valence-corrected chi connectivity index (χ4v) is 2.25. The zero-order chi connectivity index (χ0) is 14.8. The van der Waals surface area contributed by atoms with E-state index in [2.05, 4.69) is 0 Å². The van der Waals surface area contributed by atoms with Crippen molar-refractivity contribution in [3.63, 3.8) is 0 Å². The molecule has 0 radical (unpaired) electrons. The van der Waals surface area contributed by atoms with Crippen LogP contribution in [-0.2, 0) is 4.74 Å². The summed E-state index contributed by atoms with van der Waals surface area (Å²) in [6.07, 6.45) is 0.175. The summed E-state index contributed by atoms with van der Waals surface area (Å²) in [6, 6.07) is 13.3. The third-order valence-corrected chi connectivity index (χ3v) is 3.60. The lowest BCUT2D eigenvalue weighted by molar-refractivity contribution is 0.103. The molecule has 1 aliphatic heterocycles. The number of aryl methyl sites for hydroxylation is 2. The SMILES string of the molecule is Cc1ccc(C)c(C(=O)c2ccccc2OCC2CO2)c1. The highest BCUT2D eigenvalue weighted by Crippen LogP contribution is 2.24. The Balaban J connectivity index is 1.91. The fourth-order valence-electron chi connectivity index (χ4n) is 2.25. The van der Waals surface area contributed by atoms with Gasteiger partial charge in [0.05, 0.1) is 12.2 Å². The Morgan fingerprint density at radius 2 is 1.95 bits per heavy atom. The van der Waals surface area contributed by atoms with Crippen LogP contribution in [0.3, 0.4) is 0 Å². The summed E-state index contributed by atoms with van der Waals surface area (Å²) in [5, 5.41) is 0. The van der Waals surface area contributed by atoms with Crippen molar-refractivity contribution in [2.24, 2.45) is 0 Å². The van der Waals surface area contributed by atoms with Crippen molar-refractivity contribution in [2.75, 3.05) is 13.2 Å². The summed E-state index contributed by atoms with van der Waals surface area (Å²) in [5.41, 5.74) is 3.39. The molecule has 108 valence electrons. The zero-order valence-electron chi connectivity index (χ0n) is 12.3. The van der Waals surface area contributed by atoms with Crippen LogP contribution >= 0.6 is 0 Å². The molecule has 1 atom stereocenters.